The molecule has 1 saturated heterocycles. The molecule has 1 aliphatic rings. The van der Waals surface area contributed by atoms with Gasteiger partial charge in [-0.15, -0.1) is 0 Å². The first kappa shape index (κ1) is 10.7. The van der Waals surface area contributed by atoms with Gasteiger partial charge in [0, 0.05) is 18.3 Å². The van der Waals surface area contributed by atoms with Crippen LogP contribution in [0.2, 0.25) is 0 Å². The molecule has 2 heterocycles. The zero-order valence-electron chi connectivity index (χ0n) is 8.90. The van der Waals surface area contributed by atoms with E-state index >= 15 is 0 Å². The zero-order chi connectivity index (χ0) is 10.8. The van der Waals surface area contributed by atoms with E-state index in [4.69, 9.17) is 0 Å². The van der Waals surface area contributed by atoms with Gasteiger partial charge in [-0.1, -0.05) is 11.8 Å². The molecule has 1 fully saturated rings. The molecular formula is C10H14FN3S. The molecule has 0 bridgehead atoms. The third-order valence-corrected chi connectivity index (χ3v) is 3.01. The SMILES string of the molecule is CSc1nc(C)cc(N2CCC(F)C2)n1. The Morgan fingerprint density at radius 1 is 1.53 bits per heavy atom. The largest absolute Gasteiger partial charge is 0.353 e. The fourth-order valence-corrected chi connectivity index (χ4v) is 2.12. The Morgan fingerprint density at radius 2 is 2.33 bits per heavy atom. The molecule has 5 heteroatoms. The molecule has 0 saturated carbocycles. The third-order valence-electron chi connectivity index (χ3n) is 2.46. The van der Waals surface area contributed by atoms with Crippen molar-refractivity contribution >= 4 is 17.6 Å². The smallest absolute Gasteiger partial charge is 0.189 e. The first-order valence-corrected chi connectivity index (χ1v) is 6.20. The lowest BCUT2D eigenvalue weighted by atomic mass is 10.3. The highest BCUT2D eigenvalue weighted by molar-refractivity contribution is 7.98. The van der Waals surface area contributed by atoms with Gasteiger partial charge >= 0.3 is 0 Å². The molecule has 1 aromatic rings. The van der Waals surface area contributed by atoms with E-state index in [2.05, 4.69) is 9.97 Å². The van der Waals surface area contributed by atoms with Crippen LogP contribution in [0, 0.1) is 6.92 Å². The summed E-state index contributed by atoms with van der Waals surface area (Å²) in [4.78, 5) is 10.6. The monoisotopic (exact) mass is 227 g/mol. The molecule has 2 rings (SSSR count). The Balaban J connectivity index is 2.24. The number of hydrogen-bond acceptors (Lipinski definition) is 4. The summed E-state index contributed by atoms with van der Waals surface area (Å²) in [5.41, 5.74) is 0.937. The first-order valence-electron chi connectivity index (χ1n) is 4.97. The van der Waals surface area contributed by atoms with Crippen LogP contribution in [-0.4, -0.2) is 35.5 Å². The van der Waals surface area contributed by atoms with Crippen LogP contribution in [0.4, 0.5) is 10.2 Å². The molecule has 3 nitrogen and oxygen atoms in total. The maximum Gasteiger partial charge on any atom is 0.189 e. The van der Waals surface area contributed by atoms with Crippen LogP contribution in [0.3, 0.4) is 0 Å². The van der Waals surface area contributed by atoms with E-state index < -0.39 is 6.17 Å². The number of aromatic nitrogens is 2. The topological polar surface area (TPSA) is 29.0 Å². The first-order chi connectivity index (χ1) is 7.19. The van der Waals surface area contributed by atoms with Crippen molar-refractivity contribution < 1.29 is 4.39 Å². The molecule has 0 aromatic carbocycles. The number of rotatable bonds is 2. The highest BCUT2D eigenvalue weighted by Crippen LogP contribution is 2.22. The summed E-state index contributed by atoms with van der Waals surface area (Å²) in [6.07, 6.45) is 1.84. The molecule has 1 atom stereocenters. The van der Waals surface area contributed by atoms with Gasteiger partial charge < -0.3 is 4.90 Å². The average molecular weight is 227 g/mol. The minimum absolute atomic E-state index is 0.463. The van der Waals surface area contributed by atoms with Crippen LogP contribution in [0.15, 0.2) is 11.2 Å². The molecule has 0 N–H and O–H groups in total. The van der Waals surface area contributed by atoms with Gasteiger partial charge in [0.25, 0.3) is 0 Å². The molecule has 15 heavy (non-hydrogen) atoms. The van der Waals surface area contributed by atoms with Crippen molar-refractivity contribution in [2.24, 2.45) is 0 Å². The zero-order valence-corrected chi connectivity index (χ0v) is 9.72. The Labute approximate surface area is 93.1 Å². The summed E-state index contributed by atoms with van der Waals surface area (Å²) in [7, 11) is 0. The van der Waals surface area contributed by atoms with Gasteiger partial charge in [0.15, 0.2) is 5.16 Å². The Morgan fingerprint density at radius 3 is 2.93 bits per heavy atom. The van der Waals surface area contributed by atoms with Gasteiger partial charge in [-0.3, -0.25) is 0 Å². The van der Waals surface area contributed by atoms with Crippen molar-refractivity contribution in [3.8, 4) is 0 Å². The quantitative estimate of drug-likeness (QED) is 0.571. The summed E-state index contributed by atoms with van der Waals surface area (Å²) in [5, 5.41) is 0.757. The second-order valence-electron chi connectivity index (χ2n) is 3.69. The van der Waals surface area contributed by atoms with Crippen molar-refractivity contribution in [2.45, 2.75) is 24.7 Å². The van der Waals surface area contributed by atoms with Crippen LogP contribution < -0.4 is 4.90 Å². The molecule has 82 valence electrons. The molecule has 1 aliphatic heterocycles. The summed E-state index contributed by atoms with van der Waals surface area (Å²) < 4.78 is 13.1. The highest BCUT2D eigenvalue weighted by Gasteiger charge is 2.23. The van der Waals surface area contributed by atoms with Crippen LogP contribution >= 0.6 is 11.8 Å². The van der Waals surface area contributed by atoms with Gasteiger partial charge in [-0.25, -0.2) is 14.4 Å². The predicted octanol–water partition coefficient (Wildman–Crippen LogP) is 2.06. The number of anilines is 1. The highest BCUT2D eigenvalue weighted by atomic mass is 32.2. The van der Waals surface area contributed by atoms with Crippen molar-refractivity contribution in [3.63, 3.8) is 0 Å². The van der Waals surface area contributed by atoms with E-state index in [-0.39, 0.29) is 0 Å². The summed E-state index contributed by atoms with van der Waals surface area (Å²) >= 11 is 1.51. The third kappa shape index (κ3) is 2.40. The molecule has 0 aliphatic carbocycles. The summed E-state index contributed by atoms with van der Waals surface area (Å²) in [5.74, 6) is 0.854. The Hall–Kier alpha value is -0.840. The number of aryl methyl sites for hydroxylation is 1. The molecule has 0 radical (unpaired) electrons. The van der Waals surface area contributed by atoms with Crippen molar-refractivity contribution in [1.82, 2.24) is 9.97 Å². The normalized spacial score (nSPS) is 21.0. The van der Waals surface area contributed by atoms with Gasteiger partial charge in [0.05, 0.1) is 6.54 Å². The van der Waals surface area contributed by atoms with Crippen molar-refractivity contribution in [2.75, 3.05) is 24.2 Å². The second kappa shape index (κ2) is 4.35. The van der Waals surface area contributed by atoms with Crippen LogP contribution in [0.25, 0.3) is 0 Å². The fraction of sp³-hybridized carbons (Fsp3) is 0.600. The van der Waals surface area contributed by atoms with E-state index in [1.165, 1.54) is 11.8 Å². The number of alkyl halides is 1. The summed E-state index contributed by atoms with van der Waals surface area (Å²) in [6, 6.07) is 1.91. The van der Waals surface area contributed by atoms with Crippen LogP contribution in [0.5, 0.6) is 0 Å². The fourth-order valence-electron chi connectivity index (χ4n) is 1.70. The summed E-state index contributed by atoms with van der Waals surface area (Å²) in [6.45, 7) is 3.16. The molecular weight excluding hydrogens is 213 g/mol. The van der Waals surface area contributed by atoms with E-state index in [0.717, 1.165) is 23.2 Å². The van der Waals surface area contributed by atoms with Crippen molar-refractivity contribution in [1.29, 1.82) is 0 Å². The number of halogens is 1. The molecule has 0 spiro atoms. The lowest BCUT2D eigenvalue weighted by molar-refractivity contribution is 0.364. The Kier molecular flexibility index (Phi) is 3.09. The van der Waals surface area contributed by atoms with E-state index in [9.17, 15) is 4.39 Å². The van der Waals surface area contributed by atoms with Crippen molar-refractivity contribution in [3.05, 3.63) is 11.8 Å². The molecule has 0 amide bonds. The number of thioether (sulfide) groups is 1. The van der Waals surface area contributed by atoms with Gasteiger partial charge in [-0.05, 0) is 19.6 Å². The average Bonchev–Trinajstić information content (AvgIpc) is 2.64. The maximum absolute atomic E-state index is 13.1. The standard InChI is InChI=1S/C10H14FN3S/c1-7-5-9(13-10(12-7)15-2)14-4-3-8(11)6-14/h5,8H,3-4,6H2,1-2H3. The second-order valence-corrected chi connectivity index (χ2v) is 4.46. The number of hydrogen-bond donors (Lipinski definition) is 0. The van der Waals surface area contributed by atoms with Crippen LogP contribution in [-0.2, 0) is 0 Å². The minimum Gasteiger partial charge on any atom is -0.353 e. The van der Waals surface area contributed by atoms with E-state index in [1.54, 1.807) is 0 Å². The number of nitrogens with zero attached hydrogens (tertiary/aromatic N) is 3. The predicted molar refractivity (Wildman–Crippen MR) is 60.3 cm³/mol. The minimum atomic E-state index is -0.710. The lowest BCUT2D eigenvalue weighted by Gasteiger charge is -2.16. The Bertz CT molecular complexity index is 359. The molecule has 1 aromatic heterocycles. The van der Waals surface area contributed by atoms with Gasteiger partial charge in [0.2, 0.25) is 0 Å². The molecule has 1 unspecified atom stereocenters. The maximum atomic E-state index is 13.1. The van der Waals surface area contributed by atoms with E-state index in [1.807, 2.05) is 24.1 Å². The lowest BCUT2D eigenvalue weighted by Crippen LogP contribution is -2.21. The van der Waals surface area contributed by atoms with Gasteiger partial charge in [0.1, 0.15) is 12.0 Å². The van der Waals surface area contributed by atoms with Crippen LogP contribution in [0.1, 0.15) is 12.1 Å². The van der Waals surface area contributed by atoms with Gasteiger partial charge in [-0.2, -0.15) is 0 Å². The van der Waals surface area contributed by atoms with E-state index in [0.29, 0.717) is 13.0 Å².